The first-order valence-electron chi connectivity index (χ1n) is 9.22. The highest BCUT2D eigenvalue weighted by molar-refractivity contribution is 6.77. The minimum atomic E-state index is -1.84. The third kappa shape index (κ3) is 5.95. The molecule has 0 aromatic carbocycles. The molecular formula is C20H40OSi. The Balaban J connectivity index is 5.39. The number of unbranched alkanes of at least 4 members (excludes halogenated alkanes) is 1. The van der Waals surface area contributed by atoms with Crippen LogP contribution in [0.5, 0.6) is 0 Å². The molecule has 130 valence electrons. The molecule has 1 nitrogen and oxygen atoms in total. The van der Waals surface area contributed by atoms with E-state index < -0.39 is 8.32 Å². The molecule has 0 aromatic rings. The van der Waals surface area contributed by atoms with Gasteiger partial charge in [-0.25, -0.2) is 0 Å². The third-order valence-corrected chi connectivity index (χ3v) is 10.9. The maximum atomic E-state index is 6.84. The summed E-state index contributed by atoms with van der Waals surface area (Å²) in [5.41, 5.74) is 1.85. The summed E-state index contributed by atoms with van der Waals surface area (Å²) < 4.78 is 6.84. The molecule has 1 atom stereocenters. The van der Waals surface area contributed by atoms with Gasteiger partial charge in [-0.15, -0.1) is 6.58 Å². The lowest BCUT2D eigenvalue weighted by molar-refractivity contribution is 0.357. The van der Waals surface area contributed by atoms with Crippen molar-refractivity contribution in [2.24, 2.45) is 5.92 Å². The number of hydrogen-bond acceptors (Lipinski definition) is 1. The van der Waals surface area contributed by atoms with Crippen molar-refractivity contribution in [1.82, 2.24) is 0 Å². The second kappa shape index (κ2) is 10.3. The van der Waals surface area contributed by atoms with E-state index in [4.69, 9.17) is 4.43 Å². The van der Waals surface area contributed by atoms with Gasteiger partial charge in [0.1, 0.15) is 0 Å². The highest BCUT2D eigenvalue weighted by Crippen LogP contribution is 2.44. The van der Waals surface area contributed by atoms with Crippen LogP contribution in [0.15, 0.2) is 24.5 Å². The predicted octanol–water partition coefficient (Wildman–Crippen LogP) is 7.46. The van der Waals surface area contributed by atoms with Gasteiger partial charge in [0, 0.05) is 6.42 Å². The molecule has 0 N–H and O–H groups in total. The van der Waals surface area contributed by atoms with E-state index in [0.29, 0.717) is 22.5 Å². The quantitative estimate of drug-likeness (QED) is 0.218. The lowest BCUT2D eigenvalue weighted by Crippen LogP contribution is -2.47. The van der Waals surface area contributed by atoms with Crippen molar-refractivity contribution in [3.05, 3.63) is 24.5 Å². The standard InChI is InChI=1S/C20H40OSi/c1-10-12-14-19(9)15-20(13-11-2)21-22(16(3)4,17(5)6)18(7)8/h11,15-19H,2,10,12-14H2,1,3-9H3/b20-15+. The molecule has 0 aliphatic heterocycles. The smallest absolute Gasteiger partial charge is 0.258 e. The Bertz CT molecular complexity index is 320. The Morgan fingerprint density at radius 1 is 1.00 bits per heavy atom. The minimum absolute atomic E-state index is 0.591. The summed E-state index contributed by atoms with van der Waals surface area (Å²) in [6, 6.07) is 0. The van der Waals surface area contributed by atoms with Crippen molar-refractivity contribution in [2.75, 3.05) is 0 Å². The summed E-state index contributed by atoms with van der Waals surface area (Å²) >= 11 is 0. The molecule has 0 aliphatic carbocycles. The van der Waals surface area contributed by atoms with Crippen LogP contribution < -0.4 is 0 Å². The fourth-order valence-electron chi connectivity index (χ4n) is 3.79. The number of hydrogen-bond donors (Lipinski definition) is 0. The monoisotopic (exact) mass is 324 g/mol. The Kier molecular flexibility index (Phi) is 10.1. The van der Waals surface area contributed by atoms with Crippen LogP contribution in [-0.2, 0) is 4.43 Å². The average Bonchev–Trinajstić information content (AvgIpc) is 2.41. The molecule has 0 heterocycles. The Morgan fingerprint density at radius 2 is 1.50 bits per heavy atom. The Morgan fingerprint density at radius 3 is 1.86 bits per heavy atom. The zero-order valence-corrected chi connectivity index (χ0v) is 17.4. The average molecular weight is 325 g/mol. The van der Waals surface area contributed by atoms with Gasteiger partial charge in [0.25, 0.3) is 8.32 Å². The molecule has 0 spiro atoms. The third-order valence-electron chi connectivity index (χ3n) is 4.84. The van der Waals surface area contributed by atoms with Gasteiger partial charge in [0.2, 0.25) is 0 Å². The fourth-order valence-corrected chi connectivity index (χ4v) is 9.11. The van der Waals surface area contributed by atoms with E-state index in [1.165, 1.54) is 25.0 Å². The molecule has 1 unspecified atom stereocenters. The molecule has 0 rings (SSSR count). The van der Waals surface area contributed by atoms with E-state index in [1.807, 2.05) is 6.08 Å². The van der Waals surface area contributed by atoms with Gasteiger partial charge < -0.3 is 4.43 Å². The lowest BCUT2D eigenvalue weighted by atomic mass is 10.0. The van der Waals surface area contributed by atoms with Crippen molar-refractivity contribution in [3.63, 3.8) is 0 Å². The number of allylic oxidation sites excluding steroid dienone is 2. The molecule has 0 saturated carbocycles. The van der Waals surface area contributed by atoms with Crippen molar-refractivity contribution in [1.29, 1.82) is 0 Å². The van der Waals surface area contributed by atoms with Crippen molar-refractivity contribution < 1.29 is 4.43 Å². The summed E-state index contributed by atoms with van der Waals surface area (Å²) in [5, 5.41) is 0. The molecule has 22 heavy (non-hydrogen) atoms. The van der Waals surface area contributed by atoms with Gasteiger partial charge in [-0.1, -0.05) is 74.3 Å². The van der Waals surface area contributed by atoms with Crippen molar-refractivity contribution >= 4 is 8.32 Å². The molecular weight excluding hydrogens is 284 g/mol. The first kappa shape index (κ1) is 21.5. The lowest BCUT2D eigenvalue weighted by Gasteiger charge is -2.43. The molecule has 0 fully saturated rings. The van der Waals surface area contributed by atoms with Crippen LogP contribution in [0.4, 0.5) is 0 Å². The van der Waals surface area contributed by atoms with E-state index in [2.05, 4.69) is 68.0 Å². The maximum Gasteiger partial charge on any atom is 0.258 e. The highest BCUT2D eigenvalue weighted by atomic mass is 28.4. The van der Waals surface area contributed by atoms with E-state index in [0.717, 1.165) is 6.42 Å². The van der Waals surface area contributed by atoms with E-state index in [-0.39, 0.29) is 0 Å². The van der Waals surface area contributed by atoms with E-state index in [9.17, 15) is 0 Å². The molecule has 0 bridgehead atoms. The maximum absolute atomic E-state index is 6.84. The van der Waals surface area contributed by atoms with Crippen LogP contribution in [0.2, 0.25) is 16.6 Å². The van der Waals surface area contributed by atoms with Gasteiger partial charge in [-0.2, -0.15) is 0 Å². The van der Waals surface area contributed by atoms with Crippen LogP contribution in [-0.4, -0.2) is 8.32 Å². The summed E-state index contributed by atoms with van der Waals surface area (Å²) in [6.45, 7) is 22.6. The van der Waals surface area contributed by atoms with Gasteiger partial charge in [0.15, 0.2) is 0 Å². The van der Waals surface area contributed by atoms with Crippen LogP contribution in [0, 0.1) is 5.92 Å². The normalized spacial score (nSPS) is 14.8. The second-order valence-corrected chi connectivity index (χ2v) is 13.0. The molecule has 0 aliphatic rings. The van der Waals surface area contributed by atoms with Gasteiger partial charge in [0.05, 0.1) is 5.76 Å². The van der Waals surface area contributed by atoms with Crippen LogP contribution in [0.25, 0.3) is 0 Å². The highest BCUT2D eigenvalue weighted by Gasteiger charge is 2.47. The molecule has 0 amide bonds. The summed E-state index contributed by atoms with van der Waals surface area (Å²) in [5.74, 6) is 1.76. The molecule has 0 aromatic heterocycles. The Labute approximate surface area is 141 Å². The molecule has 0 saturated heterocycles. The van der Waals surface area contributed by atoms with Crippen LogP contribution in [0.1, 0.15) is 81.1 Å². The topological polar surface area (TPSA) is 9.23 Å². The largest absolute Gasteiger partial charge is 0.546 e. The Hall–Kier alpha value is -0.503. The van der Waals surface area contributed by atoms with Crippen molar-refractivity contribution in [3.8, 4) is 0 Å². The first-order valence-corrected chi connectivity index (χ1v) is 11.4. The van der Waals surface area contributed by atoms with E-state index in [1.54, 1.807) is 0 Å². The molecule has 0 radical (unpaired) electrons. The summed E-state index contributed by atoms with van der Waals surface area (Å²) in [4.78, 5) is 0. The van der Waals surface area contributed by atoms with Gasteiger partial charge in [-0.05, 0) is 35.0 Å². The van der Waals surface area contributed by atoms with Crippen molar-refractivity contribution in [2.45, 2.75) is 97.7 Å². The predicted molar refractivity (Wildman–Crippen MR) is 104 cm³/mol. The SMILES string of the molecule is C=CC/C(=C\C(C)CCCC)O[Si](C(C)C)(C(C)C)C(C)C. The number of rotatable bonds is 11. The van der Waals surface area contributed by atoms with Crippen LogP contribution >= 0.6 is 0 Å². The zero-order valence-electron chi connectivity index (χ0n) is 16.4. The zero-order chi connectivity index (χ0) is 17.3. The van der Waals surface area contributed by atoms with Gasteiger partial charge in [-0.3, -0.25) is 0 Å². The fraction of sp³-hybridized carbons (Fsp3) is 0.800. The van der Waals surface area contributed by atoms with E-state index >= 15 is 0 Å². The van der Waals surface area contributed by atoms with Crippen LogP contribution in [0.3, 0.4) is 0 Å². The van der Waals surface area contributed by atoms with Gasteiger partial charge >= 0.3 is 0 Å². The minimum Gasteiger partial charge on any atom is -0.546 e. The summed E-state index contributed by atoms with van der Waals surface area (Å²) in [7, 11) is -1.84. The first-order chi connectivity index (χ1) is 10.2. The molecule has 2 heteroatoms. The summed E-state index contributed by atoms with van der Waals surface area (Å²) in [6.07, 6.45) is 9.01. The second-order valence-electron chi connectivity index (χ2n) is 7.67.